The molecule has 4 N–H and O–H groups in total. The van der Waals surface area contributed by atoms with Gasteiger partial charge in [-0.25, -0.2) is 0 Å². The Morgan fingerprint density at radius 1 is 1.14 bits per heavy atom. The minimum Gasteiger partial charge on any atom is -0.397 e. The smallest absolute Gasteiger partial charge is 0.224 e. The summed E-state index contributed by atoms with van der Waals surface area (Å²) in [5, 5.41) is 6.89. The minimum absolute atomic E-state index is 0.0130. The molecule has 3 rings (SSSR count). The fraction of sp³-hybridized carbons (Fsp3) is 0.133. The number of carbonyl (C=O) groups excluding carboxylic acids is 1. The average Bonchev–Trinajstić information content (AvgIpc) is 2.45. The maximum atomic E-state index is 11.5. The number of anilines is 4. The van der Waals surface area contributed by atoms with Crippen molar-refractivity contribution >= 4 is 51.9 Å². The molecule has 0 saturated heterocycles. The second-order valence-electron chi connectivity index (χ2n) is 4.87. The molecular weight excluding hydrogens is 309 g/mol. The molecular formula is C15H13Cl2N3O. The summed E-state index contributed by atoms with van der Waals surface area (Å²) in [6.45, 7) is 0. The van der Waals surface area contributed by atoms with Crippen LogP contribution >= 0.6 is 23.2 Å². The highest BCUT2D eigenvalue weighted by Gasteiger charge is 2.17. The number of fused-ring (bicyclic) bond motifs is 1. The first-order valence-corrected chi connectivity index (χ1v) is 7.23. The van der Waals surface area contributed by atoms with Crippen molar-refractivity contribution in [1.29, 1.82) is 0 Å². The molecule has 0 fully saturated rings. The Kier molecular flexibility index (Phi) is 3.66. The molecule has 0 radical (unpaired) electrons. The molecule has 1 heterocycles. The lowest BCUT2D eigenvalue weighted by atomic mass is 10.0. The van der Waals surface area contributed by atoms with Crippen molar-refractivity contribution in [3.8, 4) is 0 Å². The predicted molar refractivity (Wildman–Crippen MR) is 87.5 cm³/mol. The standard InChI is InChI=1S/C15H13Cl2N3O/c16-9-2-1-3-11(15(9)17)19-13-7-12-8(6-10(13)18)4-5-14(21)20-12/h1-3,6-7,19H,4-5,18H2,(H,20,21). The second kappa shape index (κ2) is 5.47. The van der Waals surface area contributed by atoms with Crippen molar-refractivity contribution in [2.75, 3.05) is 16.4 Å². The van der Waals surface area contributed by atoms with Gasteiger partial charge in [-0.05, 0) is 36.2 Å². The number of nitrogens with one attached hydrogen (secondary N) is 2. The number of aryl methyl sites for hydroxylation is 1. The van der Waals surface area contributed by atoms with Gasteiger partial charge in [0, 0.05) is 12.1 Å². The van der Waals surface area contributed by atoms with Crippen LogP contribution in [0.2, 0.25) is 10.0 Å². The fourth-order valence-electron chi connectivity index (χ4n) is 2.30. The first-order chi connectivity index (χ1) is 10.0. The van der Waals surface area contributed by atoms with Gasteiger partial charge in [-0.2, -0.15) is 0 Å². The summed E-state index contributed by atoms with van der Waals surface area (Å²) in [7, 11) is 0. The van der Waals surface area contributed by atoms with Crippen LogP contribution in [0.15, 0.2) is 30.3 Å². The van der Waals surface area contributed by atoms with Crippen LogP contribution in [0.25, 0.3) is 0 Å². The summed E-state index contributed by atoms with van der Waals surface area (Å²) >= 11 is 12.2. The maximum Gasteiger partial charge on any atom is 0.224 e. The molecule has 21 heavy (non-hydrogen) atoms. The van der Waals surface area contributed by atoms with E-state index in [1.807, 2.05) is 18.2 Å². The van der Waals surface area contributed by atoms with Crippen LogP contribution < -0.4 is 16.4 Å². The van der Waals surface area contributed by atoms with Crippen molar-refractivity contribution in [1.82, 2.24) is 0 Å². The van der Waals surface area contributed by atoms with Gasteiger partial charge in [-0.15, -0.1) is 0 Å². The van der Waals surface area contributed by atoms with Crippen molar-refractivity contribution < 1.29 is 4.79 Å². The number of carbonyl (C=O) groups is 1. The molecule has 0 aromatic heterocycles. The van der Waals surface area contributed by atoms with Crippen LogP contribution in [0.3, 0.4) is 0 Å². The SMILES string of the molecule is Nc1cc2c(cc1Nc1cccc(Cl)c1Cl)NC(=O)CC2. The van der Waals surface area contributed by atoms with Gasteiger partial charge in [-0.3, -0.25) is 4.79 Å². The van der Waals surface area contributed by atoms with E-state index >= 15 is 0 Å². The number of halogens is 2. The molecule has 108 valence electrons. The van der Waals surface area contributed by atoms with E-state index < -0.39 is 0 Å². The molecule has 1 amide bonds. The summed E-state index contributed by atoms with van der Waals surface area (Å²) in [4.78, 5) is 11.5. The van der Waals surface area contributed by atoms with E-state index in [0.717, 1.165) is 11.3 Å². The monoisotopic (exact) mass is 321 g/mol. The molecule has 1 aliphatic rings. The first kappa shape index (κ1) is 14.0. The number of rotatable bonds is 2. The van der Waals surface area contributed by atoms with Gasteiger partial charge in [-0.1, -0.05) is 29.3 Å². The quantitative estimate of drug-likeness (QED) is 0.726. The van der Waals surface area contributed by atoms with E-state index in [0.29, 0.717) is 39.9 Å². The van der Waals surface area contributed by atoms with E-state index in [1.54, 1.807) is 12.1 Å². The topological polar surface area (TPSA) is 67.2 Å². The number of nitrogen functional groups attached to an aromatic ring is 1. The lowest BCUT2D eigenvalue weighted by Crippen LogP contribution is -2.19. The minimum atomic E-state index is 0.0130. The number of nitrogens with two attached hydrogens (primary N) is 1. The molecule has 0 atom stereocenters. The molecule has 0 unspecified atom stereocenters. The molecule has 2 aromatic carbocycles. The molecule has 0 aliphatic carbocycles. The van der Waals surface area contributed by atoms with Crippen LogP contribution in [-0.2, 0) is 11.2 Å². The Bertz CT molecular complexity index is 731. The van der Waals surface area contributed by atoms with E-state index in [4.69, 9.17) is 28.9 Å². The number of hydrogen-bond donors (Lipinski definition) is 3. The van der Waals surface area contributed by atoms with Crippen molar-refractivity contribution in [2.24, 2.45) is 0 Å². The molecule has 1 aliphatic heterocycles. The first-order valence-electron chi connectivity index (χ1n) is 6.48. The van der Waals surface area contributed by atoms with Crippen molar-refractivity contribution in [3.05, 3.63) is 45.9 Å². The van der Waals surface area contributed by atoms with Gasteiger partial charge in [0.15, 0.2) is 0 Å². The summed E-state index contributed by atoms with van der Waals surface area (Å²) < 4.78 is 0. The highest BCUT2D eigenvalue weighted by Crippen LogP contribution is 2.36. The zero-order valence-corrected chi connectivity index (χ0v) is 12.6. The molecule has 6 heteroatoms. The van der Waals surface area contributed by atoms with Gasteiger partial charge in [0.05, 0.1) is 27.1 Å². The Morgan fingerprint density at radius 2 is 1.95 bits per heavy atom. The summed E-state index contributed by atoms with van der Waals surface area (Å²) in [6, 6.07) is 9.01. The van der Waals surface area contributed by atoms with Gasteiger partial charge in [0.2, 0.25) is 5.91 Å². The molecule has 0 spiro atoms. The zero-order valence-electron chi connectivity index (χ0n) is 11.0. The molecule has 0 bridgehead atoms. The number of hydrogen-bond acceptors (Lipinski definition) is 3. The molecule has 2 aromatic rings. The van der Waals surface area contributed by atoms with E-state index in [2.05, 4.69) is 10.6 Å². The Balaban J connectivity index is 1.97. The van der Waals surface area contributed by atoms with Gasteiger partial charge in [0.25, 0.3) is 0 Å². The van der Waals surface area contributed by atoms with Gasteiger partial charge in [0.1, 0.15) is 0 Å². The van der Waals surface area contributed by atoms with Crippen LogP contribution in [0.4, 0.5) is 22.7 Å². The summed E-state index contributed by atoms with van der Waals surface area (Å²) in [5.74, 6) is 0.0130. The third kappa shape index (κ3) is 2.77. The largest absolute Gasteiger partial charge is 0.397 e. The van der Waals surface area contributed by atoms with Crippen LogP contribution in [-0.4, -0.2) is 5.91 Å². The second-order valence-corrected chi connectivity index (χ2v) is 5.66. The Morgan fingerprint density at radius 3 is 2.76 bits per heavy atom. The Hall–Kier alpha value is -1.91. The lowest BCUT2D eigenvalue weighted by molar-refractivity contribution is -0.116. The highest BCUT2D eigenvalue weighted by atomic mass is 35.5. The van der Waals surface area contributed by atoms with E-state index in [1.165, 1.54) is 0 Å². The third-order valence-corrected chi connectivity index (χ3v) is 4.21. The van der Waals surface area contributed by atoms with E-state index in [9.17, 15) is 4.79 Å². The Labute approximate surface area is 132 Å². The highest BCUT2D eigenvalue weighted by molar-refractivity contribution is 6.43. The lowest BCUT2D eigenvalue weighted by Gasteiger charge is -2.20. The zero-order chi connectivity index (χ0) is 15.0. The van der Waals surface area contributed by atoms with Crippen LogP contribution in [0.1, 0.15) is 12.0 Å². The average molecular weight is 322 g/mol. The molecule has 4 nitrogen and oxygen atoms in total. The van der Waals surface area contributed by atoms with Gasteiger partial charge >= 0.3 is 0 Å². The van der Waals surface area contributed by atoms with Gasteiger partial charge < -0.3 is 16.4 Å². The number of benzene rings is 2. The predicted octanol–water partition coefficient (Wildman–Crippen LogP) is 4.20. The number of amides is 1. The maximum absolute atomic E-state index is 11.5. The normalized spacial score (nSPS) is 13.5. The van der Waals surface area contributed by atoms with Crippen molar-refractivity contribution in [2.45, 2.75) is 12.8 Å². The molecule has 0 saturated carbocycles. The van der Waals surface area contributed by atoms with Crippen LogP contribution in [0, 0.1) is 0 Å². The third-order valence-electron chi connectivity index (χ3n) is 3.39. The summed E-state index contributed by atoms with van der Waals surface area (Å²) in [6.07, 6.45) is 1.18. The van der Waals surface area contributed by atoms with Crippen molar-refractivity contribution in [3.63, 3.8) is 0 Å². The summed E-state index contributed by atoms with van der Waals surface area (Å²) in [5.41, 5.74) is 9.82. The van der Waals surface area contributed by atoms with Crippen LogP contribution in [0.5, 0.6) is 0 Å². The fourth-order valence-corrected chi connectivity index (χ4v) is 2.65. The van der Waals surface area contributed by atoms with E-state index in [-0.39, 0.29) is 5.91 Å².